The molecule has 3 fully saturated rings. The molecule has 3 rings (SSSR count). The second kappa shape index (κ2) is 9.12. The molecule has 0 aromatic rings. The average Bonchev–Trinajstić information content (AvgIpc) is 2.61. The Morgan fingerprint density at radius 3 is 1.43 bits per heavy atom. The maximum Gasteiger partial charge on any atom is 0.0336 e. The molecular formula is C22H39Cl. The third-order valence-electron chi connectivity index (χ3n) is 7.71. The van der Waals surface area contributed by atoms with Crippen molar-refractivity contribution < 1.29 is 0 Å². The third kappa shape index (κ3) is 5.13. The largest absolute Gasteiger partial charge is 0.123 e. The van der Waals surface area contributed by atoms with E-state index in [4.69, 9.17) is 11.6 Å². The van der Waals surface area contributed by atoms with Gasteiger partial charge in [0.1, 0.15) is 0 Å². The molecule has 0 saturated heterocycles. The molecule has 0 aromatic carbocycles. The van der Waals surface area contributed by atoms with Gasteiger partial charge in [0, 0.05) is 5.38 Å². The van der Waals surface area contributed by atoms with Crippen LogP contribution in [0.1, 0.15) is 103 Å². The monoisotopic (exact) mass is 338 g/mol. The average molecular weight is 339 g/mol. The van der Waals surface area contributed by atoms with Crippen molar-refractivity contribution in [3.8, 4) is 0 Å². The lowest BCUT2D eigenvalue weighted by atomic mass is 9.65. The summed E-state index contributed by atoms with van der Waals surface area (Å²) in [7, 11) is 0. The fourth-order valence-corrected chi connectivity index (χ4v) is 6.33. The normalized spacial score (nSPS) is 42.5. The summed E-state index contributed by atoms with van der Waals surface area (Å²) in [6, 6.07) is 0. The number of rotatable bonds is 5. The second-order valence-electron chi connectivity index (χ2n) is 9.11. The van der Waals surface area contributed by atoms with E-state index in [-0.39, 0.29) is 0 Å². The summed E-state index contributed by atoms with van der Waals surface area (Å²) in [6.45, 7) is 2.34. The Balaban J connectivity index is 1.36. The van der Waals surface area contributed by atoms with Gasteiger partial charge in [-0.05, 0) is 93.8 Å². The maximum absolute atomic E-state index is 6.29. The molecule has 1 heteroatoms. The van der Waals surface area contributed by atoms with Crippen molar-refractivity contribution in [2.45, 2.75) is 109 Å². The molecule has 0 unspecified atom stereocenters. The van der Waals surface area contributed by atoms with Gasteiger partial charge in [-0.15, -0.1) is 11.6 Å². The highest BCUT2D eigenvalue weighted by Gasteiger charge is 2.34. The molecule has 0 heterocycles. The lowest BCUT2D eigenvalue weighted by Crippen LogP contribution is -2.29. The lowest BCUT2D eigenvalue weighted by Gasteiger charge is -2.41. The topological polar surface area (TPSA) is 0 Å². The van der Waals surface area contributed by atoms with Crippen LogP contribution in [0.25, 0.3) is 0 Å². The van der Waals surface area contributed by atoms with Crippen LogP contribution in [0.2, 0.25) is 0 Å². The Hall–Kier alpha value is 0.290. The zero-order valence-electron chi connectivity index (χ0n) is 15.4. The Labute approximate surface area is 150 Å². The summed E-state index contributed by atoms with van der Waals surface area (Å²) < 4.78 is 0. The lowest BCUT2D eigenvalue weighted by molar-refractivity contribution is 0.111. The number of hydrogen-bond donors (Lipinski definition) is 0. The molecule has 0 aliphatic heterocycles. The van der Waals surface area contributed by atoms with E-state index in [1.807, 2.05) is 0 Å². The highest BCUT2D eigenvalue weighted by Crippen LogP contribution is 2.46. The molecule has 23 heavy (non-hydrogen) atoms. The van der Waals surface area contributed by atoms with Crippen LogP contribution >= 0.6 is 11.6 Å². The maximum atomic E-state index is 6.29. The SMILES string of the molecule is CCCCC1CCC(C2CCC(C3CCC(Cl)CC3)CC2)CC1. The van der Waals surface area contributed by atoms with Crippen LogP contribution in [0, 0.1) is 29.6 Å². The Morgan fingerprint density at radius 1 is 0.609 bits per heavy atom. The summed E-state index contributed by atoms with van der Waals surface area (Å²) in [5.41, 5.74) is 0. The molecule has 0 amide bonds. The Bertz CT molecular complexity index is 315. The first-order chi connectivity index (χ1) is 11.3. The standard InChI is InChI=1S/C22H39Cl/c1-2-3-4-17-5-7-18(8-6-17)19-9-11-20(12-10-19)21-13-15-22(23)16-14-21/h17-22H,2-16H2,1H3. The van der Waals surface area contributed by atoms with Crippen LogP contribution in [-0.2, 0) is 0 Å². The molecule has 0 bridgehead atoms. The van der Waals surface area contributed by atoms with Crippen LogP contribution < -0.4 is 0 Å². The molecule has 0 spiro atoms. The summed E-state index contributed by atoms with van der Waals surface area (Å²) in [5, 5.41) is 0.491. The number of unbranched alkanes of at least 4 members (excludes halogenated alkanes) is 1. The van der Waals surface area contributed by atoms with Crippen molar-refractivity contribution >= 4 is 11.6 Å². The zero-order chi connectivity index (χ0) is 16.1. The smallest absolute Gasteiger partial charge is 0.0336 e. The summed E-state index contributed by atoms with van der Waals surface area (Å²) >= 11 is 6.29. The van der Waals surface area contributed by atoms with Crippen molar-refractivity contribution in [2.24, 2.45) is 29.6 Å². The van der Waals surface area contributed by atoms with Crippen molar-refractivity contribution in [1.29, 1.82) is 0 Å². The van der Waals surface area contributed by atoms with E-state index in [2.05, 4.69) is 6.92 Å². The molecule has 0 atom stereocenters. The minimum Gasteiger partial charge on any atom is -0.123 e. The Morgan fingerprint density at radius 2 is 1.00 bits per heavy atom. The molecular weight excluding hydrogens is 300 g/mol. The van der Waals surface area contributed by atoms with E-state index in [0.29, 0.717) is 5.38 Å². The van der Waals surface area contributed by atoms with Gasteiger partial charge in [-0.2, -0.15) is 0 Å². The Kier molecular flexibility index (Phi) is 7.17. The van der Waals surface area contributed by atoms with Crippen molar-refractivity contribution in [3.63, 3.8) is 0 Å². The van der Waals surface area contributed by atoms with E-state index >= 15 is 0 Å². The molecule has 0 radical (unpaired) electrons. The van der Waals surface area contributed by atoms with Gasteiger partial charge in [0.25, 0.3) is 0 Å². The zero-order valence-corrected chi connectivity index (χ0v) is 16.2. The third-order valence-corrected chi connectivity index (χ3v) is 8.14. The summed E-state index contributed by atoms with van der Waals surface area (Å²) in [6.07, 6.45) is 22.2. The number of halogens is 1. The van der Waals surface area contributed by atoms with E-state index in [9.17, 15) is 0 Å². The molecule has 0 aromatic heterocycles. The quantitative estimate of drug-likeness (QED) is 0.453. The van der Waals surface area contributed by atoms with Gasteiger partial charge in [0.15, 0.2) is 0 Å². The van der Waals surface area contributed by atoms with Gasteiger partial charge in [0.2, 0.25) is 0 Å². The predicted octanol–water partition coefficient (Wildman–Crippen LogP) is 7.59. The molecule has 3 aliphatic rings. The van der Waals surface area contributed by atoms with Gasteiger partial charge in [0.05, 0.1) is 0 Å². The molecule has 3 aliphatic carbocycles. The number of hydrogen-bond acceptors (Lipinski definition) is 0. The van der Waals surface area contributed by atoms with Crippen LogP contribution in [0.5, 0.6) is 0 Å². The summed E-state index contributed by atoms with van der Waals surface area (Å²) in [5.74, 6) is 5.33. The molecule has 0 N–H and O–H groups in total. The highest BCUT2D eigenvalue weighted by atomic mass is 35.5. The van der Waals surface area contributed by atoms with Crippen LogP contribution in [0.3, 0.4) is 0 Å². The molecule has 3 saturated carbocycles. The highest BCUT2D eigenvalue weighted by molar-refractivity contribution is 6.20. The number of alkyl halides is 1. The molecule has 0 nitrogen and oxygen atoms in total. The van der Waals surface area contributed by atoms with Gasteiger partial charge in [-0.3, -0.25) is 0 Å². The fraction of sp³-hybridized carbons (Fsp3) is 1.00. The molecule has 134 valence electrons. The van der Waals surface area contributed by atoms with Crippen molar-refractivity contribution in [3.05, 3.63) is 0 Å². The van der Waals surface area contributed by atoms with E-state index < -0.39 is 0 Å². The van der Waals surface area contributed by atoms with Gasteiger partial charge in [-0.1, -0.05) is 39.0 Å². The van der Waals surface area contributed by atoms with Crippen molar-refractivity contribution in [1.82, 2.24) is 0 Å². The van der Waals surface area contributed by atoms with E-state index in [1.165, 1.54) is 57.8 Å². The minimum absolute atomic E-state index is 0.491. The van der Waals surface area contributed by atoms with E-state index in [0.717, 1.165) is 29.6 Å². The van der Waals surface area contributed by atoms with Gasteiger partial charge in [-0.25, -0.2) is 0 Å². The van der Waals surface area contributed by atoms with Crippen LogP contribution in [0.15, 0.2) is 0 Å². The van der Waals surface area contributed by atoms with Gasteiger partial charge < -0.3 is 0 Å². The van der Waals surface area contributed by atoms with Crippen molar-refractivity contribution in [2.75, 3.05) is 0 Å². The van der Waals surface area contributed by atoms with Crippen LogP contribution in [-0.4, -0.2) is 5.38 Å². The summed E-state index contributed by atoms with van der Waals surface area (Å²) in [4.78, 5) is 0. The predicted molar refractivity (Wildman–Crippen MR) is 102 cm³/mol. The fourth-order valence-electron chi connectivity index (χ4n) is 6.08. The first-order valence-corrected chi connectivity index (χ1v) is 11.3. The second-order valence-corrected chi connectivity index (χ2v) is 9.73. The minimum atomic E-state index is 0.491. The first kappa shape index (κ1) is 18.1. The van der Waals surface area contributed by atoms with Crippen LogP contribution in [0.4, 0.5) is 0 Å². The van der Waals surface area contributed by atoms with Gasteiger partial charge >= 0.3 is 0 Å². The van der Waals surface area contributed by atoms with E-state index in [1.54, 1.807) is 38.5 Å². The first-order valence-electron chi connectivity index (χ1n) is 10.9.